The Labute approximate surface area is 190 Å². The maximum atomic E-state index is 13.8. The van der Waals surface area contributed by atoms with Crippen LogP contribution in [0, 0.1) is 5.82 Å². The van der Waals surface area contributed by atoms with Gasteiger partial charge in [0.2, 0.25) is 0 Å². The molecule has 1 heterocycles. The number of ether oxygens (including phenoxy) is 2. The third-order valence-electron chi connectivity index (χ3n) is 5.81. The fraction of sp³-hybridized carbons (Fsp3) is 0.480. The SMILES string of the molecule is CN=C(NCC(C)Oc1ccccc1F)NCC1(NC(C)c2ccccc2)CCOCC1. The molecular formula is C25H35FN4O2. The summed E-state index contributed by atoms with van der Waals surface area (Å²) in [6, 6.07) is 17.1. The summed E-state index contributed by atoms with van der Waals surface area (Å²) in [5.74, 6) is 0.584. The first-order valence-corrected chi connectivity index (χ1v) is 11.3. The number of guanidine groups is 1. The van der Waals surface area contributed by atoms with E-state index in [1.807, 2.05) is 13.0 Å². The summed E-state index contributed by atoms with van der Waals surface area (Å²) in [6.45, 7) is 6.77. The monoisotopic (exact) mass is 442 g/mol. The molecule has 0 amide bonds. The Kier molecular flexibility index (Phi) is 8.88. The van der Waals surface area contributed by atoms with Crippen LogP contribution in [0.2, 0.25) is 0 Å². The number of halogens is 1. The summed E-state index contributed by atoms with van der Waals surface area (Å²) in [5, 5.41) is 10.6. The number of hydrogen-bond donors (Lipinski definition) is 3. The van der Waals surface area contributed by atoms with Crippen LogP contribution in [0.5, 0.6) is 5.75 Å². The van der Waals surface area contributed by atoms with E-state index in [-0.39, 0.29) is 29.3 Å². The molecule has 0 aromatic heterocycles. The van der Waals surface area contributed by atoms with Crippen LogP contribution in [0.3, 0.4) is 0 Å². The van der Waals surface area contributed by atoms with Gasteiger partial charge in [-0.3, -0.25) is 4.99 Å². The van der Waals surface area contributed by atoms with Crippen molar-refractivity contribution < 1.29 is 13.9 Å². The van der Waals surface area contributed by atoms with E-state index >= 15 is 0 Å². The lowest BCUT2D eigenvalue weighted by atomic mass is 9.88. The van der Waals surface area contributed by atoms with Crippen molar-refractivity contribution in [2.24, 2.45) is 4.99 Å². The topological polar surface area (TPSA) is 66.9 Å². The van der Waals surface area contributed by atoms with Crippen molar-refractivity contribution in [1.82, 2.24) is 16.0 Å². The Bertz CT molecular complexity index is 856. The van der Waals surface area contributed by atoms with E-state index in [9.17, 15) is 4.39 Å². The number of rotatable bonds is 9. The Balaban J connectivity index is 1.54. The minimum absolute atomic E-state index is 0.0968. The summed E-state index contributed by atoms with van der Waals surface area (Å²) in [5.41, 5.74) is 1.17. The van der Waals surface area contributed by atoms with E-state index in [0.29, 0.717) is 12.5 Å². The summed E-state index contributed by atoms with van der Waals surface area (Å²) in [4.78, 5) is 4.34. The van der Waals surface area contributed by atoms with E-state index in [4.69, 9.17) is 9.47 Å². The van der Waals surface area contributed by atoms with Crippen molar-refractivity contribution in [2.45, 2.75) is 44.4 Å². The van der Waals surface area contributed by atoms with Crippen LogP contribution in [-0.2, 0) is 4.74 Å². The van der Waals surface area contributed by atoms with Crippen molar-refractivity contribution in [3.63, 3.8) is 0 Å². The van der Waals surface area contributed by atoms with Crippen LogP contribution in [-0.4, -0.2) is 51.0 Å². The maximum absolute atomic E-state index is 13.8. The average Bonchev–Trinajstić information content (AvgIpc) is 2.82. The van der Waals surface area contributed by atoms with E-state index in [2.05, 4.69) is 52.1 Å². The van der Waals surface area contributed by atoms with Crippen LogP contribution in [0.4, 0.5) is 4.39 Å². The molecule has 0 aliphatic carbocycles. The smallest absolute Gasteiger partial charge is 0.191 e. The third kappa shape index (κ3) is 6.93. The van der Waals surface area contributed by atoms with Gasteiger partial charge in [-0.2, -0.15) is 0 Å². The van der Waals surface area contributed by atoms with Crippen molar-refractivity contribution >= 4 is 5.96 Å². The molecule has 1 fully saturated rings. The lowest BCUT2D eigenvalue weighted by molar-refractivity contribution is 0.0354. The lowest BCUT2D eigenvalue weighted by Gasteiger charge is -2.41. The number of para-hydroxylation sites is 1. The molecule has 0 radical (unpaired) electrons. The summed E-state index contributed by atoms with van der Waals surface area (Å²) in [6.07, 6.45) is 1.61. The second-order valence-corrected chi connectivity index (χ2v) is 8.33. The standard InChI is InChI=1S/C25H35FN4O2/c1-19(32-23-12-8-7-11-22(23)26)17-28-24(27-3)29-18-25(13-15-31-16-14-25)30-20(2)21-9-5-4-6-10-21/h4-12,19-20,30H,13-18H2,1-3H3,(H2,27,28,29). The van der Waals surface area contributed by atoms with Gasteiger partial charge in [0.15, 0.2) is 17.5 Å². The van der Waals surface area contributed by atoms with Gasteiger partial charge in [-0.25, -0.2) is 4.39 Å². The van der Waals surface area contributed by atoms with Gasteiger partial charge in [0.1, 0.15) is 6.10 Å². The van der Waals surface area contributed by atoms with Gasteiger partial charge in [0, 0.05) is 38.4 Å². The molecular weight excluding hydrogens is 407 g/mol. The molecule has 1 saturated heterocycles. The summed E-state index contributed by atoms with van der Waals surface area (Å²) < 4.78 is 25.1. The molecule has 0 spiro atoms. The predicted octanol–water partition coefficient (Wildman–Crippen LogP) is 3.66. The molecule has 174 valence electrons. The number of hydrogen-bond acceptors (Lipinski definition) is 4. The first kappa shape index (κ1) is 24.0. The van der Waals surface area contributed by atoms with E-state index in [1.165, 1.54) is 11.6 Å². The molecule has 1 aliphatic rings. The Morgan fingerprint density at radius 3 is 2.44 bits per heavy atom. The van der Waals surface area contributed by atoms with Gasteiger partial charge in [-0.05, 0) is 44.4 Å². The Morgan fingerprint density at radius 2 is 1.75 bits per heavy atom. The zero-order valence-electron chi connectivity index (χ0n) is 19.2. The Morgan fingerprint density at radius 1 is 1.06 bits per heavy atom. The average molecular weight is 443 g/mol. The minimum atomic E-state index is -0.359. The zero-order chi connectivity index (χ0) is 22.8. The predicted molar refractivity (Wildman–Crippen MR) is 127 cm³/mol. The molecule has 3 N–H and O–H groups in total. The van der Waals surface area contributed by atoms with Crippen LogP contribution in [0.1, 0.15) is 38.3 Å². The molecule has 6 nitrogen and oxygen atoms in total. The molecule has 2 unspecified atom stereocenters. The first-order chi connectivity index (χ1) is 15.5. The first-order valence-electron chi connectivity index (χ1n) is 11.3. The summed E-state index contributed by atoms with van der Waals surface area (Å²) >= 11 is 0. The van der Waals surface area contributed by atoms with E-state index in [1.54, 1.807) is 25.2 Å². The highest BCUT2D eigenvalue weighted by atomic mass is 19.1. The van der Waals surface area contributed by atoms with Crippen molar-refractivity contribution in [1.29, 1.82) is 0 Å². The number of aliphatic imine (C=N–C) groups is 1. The van der Waals surface area contributed by atoms with E-state index in [0.717, 1.165) is 32.6 Å². The number of nitrogens with zero attached hydrogens (tertiary/aromatic N) is 1. The molecule has 7 heteroatoms. The van der Waals surface area contributed by atoms with Crippen LogP contribution < -0.4 is 20.7 Å². The van der Waals surface area contributed by atoms with Crippen molar-refractivity contribution in [3.8, 4) is 5.75 Å². The van der Waals surface area contributed by atoms with Gasteiger partial charge in [-0.15, -0.1) is 0 Å². The molecule has 2 atom stereocenters. The highest BCUT2D eigenvalue weighted by Crippen LogP contribution is 2.25. The number of benzene rings is 2. The quantitative estimate of drug-likeness (QED) is 0.409. The largest absolute Gasteiger partial charge is 0.486 e. The molecule has 2 aromatic rings. The van der Waals surface area contributed by atoms with Gasteiger partial charge in [0.25, 0.3) is 0 Å². The number of nitrogens with one attached hydrogen (secondary N) is 3. The van der Waals surface area contributed by atoms with Gasteiger partial charge >= 0.3 is 0 Å². The summed E-state index contributed by atoms with van der Waals surface area (Å²) in [7, 11) is 1.74. The highest BCUT2D eigenvalue weighted by molar-refractivity contribution is 5.79. The van der Waals surface area contributed by atoms with Crippen LogP contribution >= 0.6 is 0 Å². The second-order valence-electron chi connectivity index (χ2n) is 8.33. The molecule has 32 heavy (non-hydrogen) atoms. The maximum Gasteiger partial charge on any atom is 0.191 e. The highest BCUT2D eigenvalue weighted by Gasteiger charge is 2.34. The van der Waals surface area contributed by atoms with E-state index < -0.39 is 0 Å². The zero-order valence-corrected chi connectivity index (χ0v) is 19.2. The fourth-order valence-electron chi connectivity index (χ4n) is 3.93. The van der Waals surface area contributed by atoms with Gasteiger partial charge in [-0.1, -0.05) is 42.5 Å². The Hall–Kier alpha value is -2.64. The molecule has 0 saturated carbocycles. The van der Waals surface area contributed by atoms with Crippen LogP contribution in [0.15, 0.2) is 59.6 Å². The second kappa shape index (κ2) is 11.8. The van der Waals surface area contributed by atoms with Crippen molar-refractivity contribution in [3.05, 3.63) is 66.0 Å². The molecule has 3 rings (SSSR count). The van der Waals surface area contributed by atoms with Crippen molar-refractivity contribution in [2.75, 3.05) is 33.4 Å². The van der Waals surface area contributed by atoms with Gasteiger partial charge < -0.3 is 25.4 Å². The molecule has 0 bridgehead atoms. The minimum Gasteiger partial charge on any atom is -0.486 e. The van der Waals surface area contributed by atoms with Gasteiger partial charge in [0.05, 0.1) is 6.54 Å². The molecule has 2 aromatic carbocycles. The normalized spacial score (nSPS) is 17.9. The lowest BCUT2D eigenvalue weighted by Crippen LogP contribution is -2.58. The van der Waals surface area contributed by atoms with Crippen LogP contribution in [0.25, 0.3) is 0 Å². The fourth-order valence-corrected chi connectivity index (χ4v) is 3.93. The molecule has 1 aliphatic heterocycles. The third-order valence-corrected chi connectivity index (χ3v) is 5.81.